The molecule has 31 heavy (non-hydrogen) atoms. The molecule has 1 fully saturated rings. The number of aliphatic imine (C=N–C) groups is 1. The van der Waals surface area contributed by atoms with Crippen LogP contribution in [0, 0.1) is 0 Å². The number of nitrogens with one attached hydrogen (secondary N) is 2. The summed E-state index contributed by atoms with van der Waals surface area (Å²) in [5.41, 5.74) is 3.12. The zero-order valence-corrected chi connectivity index (χ0v) is 20.8. The lowest BCUT2D eigenvalue weighted by Crippen LogP contribution is -2.36. The van der Waals surface area contributed by atoms with Gasteiger partial charge >= 0.3 is 0 Å². The third kappa shape index (κ3) is 7.68. The smallest absolute Gasteiger partial charge is 0.227 e. The van der Waals surface area contributed by atoms with Crippen molar-refractivity contribution in [2.45, 2.75) is 52.8 Å². The molecular weight excluding hydrogens is 505 g/mol. The first-order valence-corrected chi connectivity index (χ1v) is 10.6. The lowest BCUT2D eigenvalue weighted by atomic mass is 10.2. The van der Waals surface area contributed by atoms with Crippen LogP contribution in [0.15, 0.2) is 47.6 Å². The van der Waals surface area contributed by atoms with E-state index in [2.05, 4.69) is 32.7 Å². The van der Waals surface area contributed by atoms with E-state index in [1.807, 2.05) is 49.9 Å². The first-order chi connectivity index (χ1) is 14.5. The van der Waals surface area contributed by atoms with Crippen LogP contribution >= 0.6 is 24.0 Å². The fourth-order valence-electron chi connectivity index (χ4n) is 3.23. The van der Waals surface area contributed by atoms with Crippen LogP contribution in [-0.2, 0) is 17.9 Å². The number of ether oxygens (including phenoxy) is 1. The van der Waals surface area contributed by atoms with Crippen molar-refractivity contribution in [1.82, 2.24) is 15.6 Å². The summed E-state index contributed by atoms with van der Waals surface area (Å²) in [6, 6.07) is 12.0. The highest BCUT2D eigenvalue weighted by molar-refractivity contribution is 14.0. The predicted molar refractivity (Wildman–Crippen MR) is 135 cm³/mol. The summed E-state index contributed by atoms with van der Waals surface area (Å²) >= 11 is 0. The van der Waals surface area contributed by atoms with Crippen LogP contribution < -0.4 is 20.3 Å². The second-order valence-corrected chi connectivity index (χ2v) is 7.54. The number of pyridine rings is 1. The van der Waals surface area contributed by atoms with Crippen molar-refractivity contribution < 1.29 is 9.53 Å². The first-order valence-electron chi connectivity index (χ1n) is 10.6. The number of carbonyl (C=O) groups excluding carboxylic acids is 1. The van der Waals surface area contributed by atoms with E-state index < -0.39 is 0 Å². The highest BCUT2D eigenvalue weighted by Crippen LogP contribution is 2.21. The van der Waals surface area contributed by atoms with Crippen molar-refractivity contribution in [2.75, 3.05) is 18.0 Å². The van der Waals surface area contributed by atoms with Gasteiger partial charge in [0.05, 0.1) is 12.6 Å². The van der Waals surface area contributed by atoms with E-state index in [9.17, 15) is 4.79 Å². The number of aromatic nitrogens is 1. The minimum Gasteiger partial charge on any atom is -0.475 e. The molecule has 168 valence electrons. The molecule has 3 rings (SSSR count). The molecule has 8 heteroatoms. The molecule has 1 aliphatic heterocycles. The normalized spacial score (nSPS) is 13.9. The Hall–Kier alpha value is -2.36. The molecule has 2 N–H and O–H groups in total. The summed E-state index contributed by atoms with van der Waals surface area (Å²) in [5.74, 6) is 1.58. The fourth-order valence-corrected chi connectivity index (χ4v) is 3.23. The van der Waals surface area contributed by atoms with Gasteiger partial charge in [0.25, 0.3) is 0 Å². The van der Waals surface area contributed by atoms with Gasteiger partial charge in [0.15, 0.2) is 5.96 Å². The Morgan fingerprint density at radius 3 is 2.48 bits per heavy atom. The van der Waals surface area contributed by atoms with Crippen LogP contribution in [0.5, 0.6) is 5.88 Å². The summed E-state index contributed by atoms with van der Waals surface area (Å²) in [6.45, 7) is 8.77. The summed E-state index contributed by atoms with van der Waals surface area (Å²) in [6.07, 6.45) is 3.49. The zero-order valence-electron chi connectivity index (χ0n) is 18.4. The van der Waals surface area contributed by atoms with Crippen LogP contribution in [0.25, 0.3) is 0 Å². The van der Waals surface area contributed by atoms with Crippen LogP contribution in [0.1, 0.15) is 44.7 Å². The number of hydrogen-bond acceptors (Lipinski definition) is 4. The second kappa shape index (κ2) is 12.5. The second-order valence-electron chi connectivity index (χ2n) is 7.54. The third-order valence-electron chi connectivity index (χ3n) is 4.70. The van der Waals surface area contributed by atoms with Crippen molar-refractivity contribution in [3.63, 3.8) is 0 Å². The van der Waals surface area contributed by atoms with E-state index in [0.29, 0.717) is 25.4 Å². The van der Waals surface area contributed by atoms with Crippen LogP contribution in [-0.4, -0.2) is 36.0 Å². The van der Waals surface area contributed by atoms with E-state index in [1.54, 1.807) is 6.20 Å². The number of halogens is 1. The van der Waals surface area contributed by atoms with Gasteiger partial charge in [-0.1, -0.05) is 18.2 Å². The highest BCUT2D eigenvalue weighted by Gasteiger charge is 2.21. The molecule has 7 nitrogen and oxygen atoms in total. The quantitative estimate of drug-likeness (QED) is 0.304. The van der Waals surface area contributed by atoms with Gasteiger partial charge < -0.3 is 20.3 Å². The number of rotatable bonds is 8. The fraction of sp³-hybridized carbons (Fsp3) is 0.435. The number of amides is 1. The number of hydrogen-bond donors (Lipinski definition) is 2. The average Bonchev–Trinajstić information content (AvgIpc) is 3.17. The lowest BCUT2D eigenvalue weighted by molar-refractivity contribution is -0.117. The van der Waals surface area contributed by atoms with Gasteiger partial charge in [0.1, 0.15) is 0 Å². The summed E-state index contributed by atoms with van der Waals surface area (Å²) < 4.78 is 5.57. The molecule has 2 heterocycles. The van der Waals surface area contributed by atoms with E-state index in [-0.39, 0.29) is 36.0 Å². The van der Waals surface area contributed by atoms with Gasteiger partial charge in [-0.3, -0.25) is 4.79 Å². The number of carbonyl (C=O) groups is 1. The Morgan fingerprint density at radius 2 is 1.90 bits per heavy atom. The Labute approximate surface area is 201 Å². The highest BCUT2D eigenvalue weighted by atomic mass is 127. The predicted octanol–water partition coefficient (Wildman–Crippen LogP) is 3.87. The van der Waals surface area contributed by atoms with Crippen LogP contribution in [0.3, 0.4) is 0 Å². The van der Waals surface area contributed by atoms with Crippen molar-refractivity contribution in [3.05, 3.63) is 53.7 Å². The number of nitrogens with zero attached hydrogens (tertiary/aromatic N) is 3. The third-order valence-corrected chi connectivity index (χ3v) is 4.70. The molecular formula is C23H32IN5O2. The Kier molecular flexibility index (Phi) is 10.0. The van der Waals surface area contributed by atoms with Gasteiger partial charge in [0, 0.05) is 44.0 Å². The molecule has 0 saturated carbocycles. The van der Waals surface area contributed by atoms with Gasteiger partial charge in [-0.15, -0.1) is 24.0 Å². The Morgan fingerprint density at radius 1 is 1.16 bits per heavy atom. The van der Waals surface area contributed by atoms with Gasteiger partial charge in [0.2, 0.25) is 11.8 Å². The summed E-state index contributed by atoms with van der Waals surface area (Å²) in [5, 5.41) is 6.62. The van der Waals surface area contributed by atoms with E-state index >= 15 is 0 Å². The number of anilines is 1. The molecule has 1 aromatic heterocycles. The molecule has 2 aromatic rings. The molecule has 1 aliphatic rings. The molecule has 0 unspecified atom stereocenters. The zero-order chi connectivity index (χ0) is 21.3. The van der Waals surface area contributed by atoms with E-state index in [4.69, 9.17) is 4.74 Å². The monoisotopic (exact) mass is 537 g/mol. The maximum atomic E-state index is 11.9. The van der Waals surface area contributed by atoms with Crippen molar-refractivity contribution in [2.24, 2.45) is 4.99 Å². The van der Waals surface area contributed by atoms with Gasteiger partial charge in [-0.05, 0) is 50.5 Å². The molecule has 1 aromatic carbocycles. The Bertz CT molecular complexity index is 853. The van der Waals surface area contributed by atoms with Crippen LogP contribution in [0.4, 0.5) is 5.69 Å². The maximum Gasteiger partial charge on any atom is 0.227 e. The van der Waals surface area contributed by atoms with Gasteiger partial charge in [-0.2, -0.15) is 0 Å². The molecule has 0 atom stereocenters. The Balaban J connectivity index is 0.00000341. The van der Waals surface area contributed by atoms with E-state index in [0.717, 1.165) is 42.3 Å². The molecule has 0 bridgehead atoms. The number of guanidine groups is 1. The molecule has 0 spiro atoms. The van der Waals surface area contributed by atoms with Gasteiger partial charge in [-0.25, -0.2) is 9.98 Å². The number of benzene rings is 1. The largest absolute Gasteiger partial charge is 0.475 e. The molecule has 0 aliphatic carbocycles. The summed E-state index contributed by atoms with van der Waals surface area (Å²) in [4.78, 5) is 22.7. The van der Waals surface area contributed by atoms with Crippen LogP contribution in [0.2, 0.25) is 0 Å². The topological polar surface area (TPSA) is 78.9 Å². The van der Waals surface area contributed by atoms with Crippen molar-refractivity contribution in [1.29, 1.82) is 0 Å². The summed E-state index contributed by atoms with van der Waals surface area (Å²) in [7, 11) is 0. The minimum absolute atomic E-state index is 0. The molecule has 1 amide bonds. The van der Waals surface area contributed by atoms with Crippen molar-refractivity contribution in [3.8, 4) is 5.88 Å². The van der Waals surface area contributed by atoms with Crippen molar-refractivity contribution >= 4 is 41.5 Å². The molecule has 0 radical (unpaired) electrons. The molecule has 1 saturated heterocycles. The lowest BCUT2D eigenvalue weighted by Gasteiger charge is -2.16. The minimum atomic E-state index is 0. The van der Waals surface area contributed by atoms with E-state index in [1.165, 1.54) is 0 Å². The maximum absolute atomic E-state index is 11.9. The standard InChI is InChI=1S/C23H31N5O2.HI/c1-4-24-23(27-16-19-9-12-21(25-15-19)30-17(2)3)26-14-18-7-10-20(11-8-18)28-13-5-6-22(28)29;/h7-12,15,17H,4-6,13-14,16H2,1-3H3,(H2,24,26,27);1H. The average molecular weight is 537 g/mol. The SMILES string of the molecule is CCNC(=NCc1ccc(OC(C)C)nc1)NCc1ccc(N2CCCC2=O)cc1.I. The first kappa shape index (κ1) is 24.9.